The quantitative estimate of drug-likeness (QED) is 0.461. The van der Waals surface area contributed by atoms with Crippen molar-refractivity contribution in [1.82, 2.24) is 0 Å². The van der Waals surface area contributed by atoms with Crippen LogP contribution in [0.2, 0.25) is 0 Å². The summed E-state index contributed by atoms with van der Waals surface area (Å²) in [5.74, 6) is -0.0935. The van der Waals surface area contributed by atoms with Crippen LogP contribution in [0.3, 0.4) is 0 Å². The zero-order chi connectivity index (χ0) is 16.2. The first-order chi connectivity index (χ1) is 8.81. The largest absolute Gasteiger partial charge is 0.458 e. The van der Waals surface area contributed by atoms with Gasteiger partial charge in [-0.25, -0.2) is 0 Å². The summed E-state index contributed by atoms with van der Waals surface area (Å²) >= 11 is 0. The summed E-state index contributed by atoms with van der Waals surface area (Å²) < 4.78 is 5.45. The average molecular weight is 302 g/mol. The molecular weight excluding hydrogens is 267 g/mol. The third kappa shape index (κ3) is 7.07. The fourth-order valence-corrected chi connectivity index (χ4v) is 3.17. The number of hydrogen-bond acceptors (Lipinski definition) is 2. The van der Waals surface area contributed by atoms with Gasteiger partial charge >= 0.3 is 5.97 Å². The van der Waals surface area contributed by atoms with Crippen LogP contribution in [0.25, 0.3) is 0 Å². The summed E-state index contributed by atoms with van der Waals surface area (Å²) in [5.41, 5.74) is 0.759. The molecule has 0 saturated heterocycles. The molecular formula is C17H35O2P. The molecule has 0 fully saturated rings. The first-order valence-corrected chi connectivity index (χ1v) is 9.23. The highest BCUT2D eigenvalue weighted by atomic mass is 31.1. The van der Waals surface area contributed by atoms with E-state index in [9.17, 15) is 4.79 Å². The van der Waals surface area contributed by atoms with Crippen LogP contribution in [-0.4, -0.2) is 18.5 Å². The van der Waals surface area contributed by atoms with E-state index >= 15 is 0 Å². The topological polar surface area (TPSA) is 26.3 Å². The highest BCUT2D eigenvalue weighted by Crippen LogP contribution is 2.48. The van der Waals surface area contributed by atoms with Crippen LogP contribution in [-0.2, 0) is 9.53 Å². The molecule has 0 spiro atoms. The average Bonchev–Trinajstić information content (AvgIpc) is 2.23. The summed E-state index contributed by atoms with van der Waals surface area (Å²) in [6.07, 6.45) is 3.36. The standard InChI is InChI=1S/C17H35O2P/c1-13(18)19-14(20-9)12-17(7,8)16(5,6)11-10-15(2,3)4/h14,20H,10-12H2,1-9H3. The monoisotopic (exact) mass is 302 g/mol. The number of rotatable bonds is 7. The summed E-state index contributed by atoms with van der Waals surface area (Å²) in [5, 5.41) is 0. The van der Waals surface area contributed by atoms with Crippen LogP contribution in [0.1, 0.15) is 74.7 Å². The van der Waals surface area contributed by atoms with Gasteiger partial charge < -0.3 is 4.74 Å². The molecule has 2 nitrogen and oxygen atoms in total. The van der Waals surface area contributed by atoms with E-state index in [4.69, 9.17) is 4.74 Å². The lowest BCUT2D eigenvalue weighted by molar-refractivity contribution is -0.144. The maximum atomic E-state index is 11.2. The van der Waals surface area contributed by atoms with Gasteiger partial charge in [-0.05, 0) is 42.2 Å². The minimum atomic E-state index is -0.160. The van der Waals surface area contributed by atoms with E-state index in [2.05, 4.69) is 55.1 Å². The maximum absolute atomic E-state index is 11.2. The van der Waals surface area contributed by atoms with Gasteiger partial charge in [-0.3, -0.25) is 4.79 Å². The Morgan fingerprint density at radius 2 is 1.50 bits per heavy atom. The first kappa shape index (κ1) is 19.9. The number of hydrogen-bond donors (Lipinski definition) is 0. The molecule has 0 N–H and O–H groups in total. The zero-order valence-corrected chi connectivity index (χ0v) is 16.0. The summed E-state index contributed by atoms with van der Waals surface area (Å²) in [4.78, 5) is 11.2. The van der Waals surface area contributed by atoms with E-state index in [0.29, 0.717) is 14.0 Å². The highest BCUT2D eigenvalue weighted by Gasteiger charge is 2.39. The van der Waals surface area contributed by atoms with Crippen LogP contribution in [0.5, 0.6) is 0 Å². The second-order valence-electron chi connectivity index (χ2n) is 8.42. The molecule has 0 amide bonds. The van der Waals surface area contributed by atoms with Crippen LogP contribution in [0.4, 0.5) is 0 Å². The van der Waals surface area contributed by atoms with Crippen molar-refractivity contribution in [2.45, 2.75) is 80.5 Å². The third-order valence-corrected chi connectivity index (χ3v) is 5.62. The third-order valence-electron chi connectivity index (χ3n) is 4.66. The molecule has 0 rings (SSSR count). The van der Waals surface area contributed by atoms with Gasteiger partial charge in [0.05, 0.1) is 0 Å². The molecule has 20 heavy (non-hydrogen) atoms. The van der Waals surface area contributed by atoms with Crippen LogP contribution >= 0.6 is 8.58 Å². The van der Waals surface area contributed by atoms with Crippen LogP contribution in [0, 0.1) is 16.2 Å². The predicted octanol–water partition coefficient (Wildman–Crippen LogP) is 5.45. The number of carbonyl (C=O) groups excluding carboxylic acids is 1. The van der Waals surface area contributed by atoms with Gasteiger partial charge in [-0.1, -0.05) is 57.0 Å². The van der Waals surface area contributed by atoms with E-state index in [-0.39, 0.29) is 22.6 Å². The molecule has 3 heteroatoms. The number of ether oxygens (including phenoxy) is 1. The molecule has 2 atom stereocenters. The van der Waals surface area contributed by atoms with Gasteiger partial charge in [-0.15, -0.1) is 0 Å². The summed E-state index contributed by atoms with van der Waals surface area (Å²) in [6.45, 7) is 19.8. The molecule has 0 radical (unpaired) electrons. The minimum Gasteiger partial charge on any atom is -0.458 e. The van der Waals surface area contributed by atoms with E-state index in [1.807, 2.05) is 0 Å². The Labute approximate surface area is 128 Å². The molecule has 120 valence electrons. The molecule has 0 aliphatic carbocycles. The van der Waals surface area contributed by atoms with Crippen molar-refractivity contribution in [2.75, 3.05) is 6.66 Å². The van der Waals surface area contributed by atoms with Gasteiger partial charge in [0.1, 0.15) is 5.85 Å². The lowest BCUT2D eigenvalue weighted by atomic mass is 9.62. The van der Waals surface area contributed by atoms with Crippen molar-refractivity contribution in [2.24, 2.45) is 16.2 Å². The lowest BCUT2D eigenvalue weighted by Crippen LogP contribution is -2.36. The van der Waals surface area contributed by atoms with Crippen molar-refractivity contribution in [3.05, 3.63) is 0 Å². The Morgan fingerprint density at radius 3 is 1.85 bits per heavy atom. The Morgan fingerprint density at radius 1 is 1.00 bits per heavy atom. The maximum Gasteiger partial charge on any atom is 0.303 e. The Bertz CT molecular complexity index is 313. The fraction of sp³-hybridized carbons (Fsp3) is 0.941. The van der Waals surface area contributed by atoms with Crippen molar-refractivity contribution < 1.29 is 9.53 Å². The van der Waals surface area contributed by atoms with E-state index in [1.54, 1.807) is 0 Å². The fourth-order valence-electron chi connectivity index (χ4n) is 2.17. The SMILES string of the molecule is CPC(CC(C)(C)C(C)(C)CCC(C)(C)C)OC(C)=O. The summed E-state index contributed by atoms with van der Waals surface area (Å²) in [6, 6.07) is 0. The molecule has 0 aliphatic heterocycles. The van der Waals surface area contributed by atoms with E-state index in [1.165, 1.54) is 19.8 Å². The molecule has 0 aromatic rings. The lowest BCUT2D eigenvalue weighted by Gasteiger charge is -2.44. The molecule has 0 saturated carbocycles. The molecule has 0 aliphatic rings. The zero-order valence-electron chi connectivity index (χ0n) is 15.0. The molecule has 0 aromatic heterocycles. The van der Waals surface area contributed by atoms with Gasteiger partial charge in [0.25, 0.3) is 0 Å². The van der Waals surface area contributed by atoms with Crippen molar-refractivity contribution >= 4 is 14.6 Å². The van der Waals surface area contributed by atoms with Gasteiger partial charge in [-0.2, -0.15) is 0 Å². The molecule has 0 heterocycles. The first-order valence-electron chi connectivity index (χ1n) is 7.65. The van der Waals surface area contributed by atoms with Crippen molar-refractivity contribution in [1.29, 1.82) is 0 Å². The van der Waals surface area contributed by atoms with Gasteiger partial charge in [0.15, 0.2) is 0 Å². The van der Waals surface area contributed by atoms with Crippen LogP contribution in [0.15, 0.2) is 0 Å². The Hall–Kier alpha value is -0.100. The van der Waals surface area contributed by atoms with Crippen molar-refractivity contribution in [3.8, 4) is 0 Å². The van der Waals surface area contributed by atoms with Gasteiger partial charge in [0.2, 0.25) is 0 Å². The van der Waals surface area contributed by atoms with Gasteiger partial charge in [0, 0.05) is 6.92 Å². The number of carbonyl (C=O) groups is 1. The highest BCUT2D eigenvalue weighted by molar-refractivity contribution is 7.37. The Kier molecular flexibility index (Phi) is 7.21. The number of esters is 1. The molecule has 0 aromatic carbocycles. The summed E-state index contributed by atoms with van der Waals surface area (Å²) in [7, 11) is 0.642. The second-order valence-corrected chi connectivity index (χ2v) is 9.64. The Balaban J connectivity index is 4.77. The van der Waals surface area contributed by atoms with E-state index in [0.717, 1.165) is 6.42 Å². The molecule has 0 bridgehead atoms. The van der Waals surface area contributed by atoms with E-state index < -0.39 is 0 Å². The predicted molar refractivity (Wildman–Crippen MR) is 90.7 cm³/mol. The van der Waals surface area contributed by atoms with Crippen LogP contribution < -0.4 is 0 Å². The minimum absolute atomic E-state index is 0.0661. The smallest absolute Gasteiger partial charge is 0.303 e. The molecule has 2 unspecified atom stereocenters. The second kappa shape index (κ2) is 7.25. The normalized spacial score (nSPS) is 15.7. The van der Waals surface area contributed by atoms with Crippen molar-refractivity contribution in [3.63, 3.8) is 0 Å².